The van der Waals surface area contributed by atoms with Crippen molar-refractivity contribution in [1.29, 1.82) is 0 Å². The summed E-state index contributed by atoms with van der Waals surface area (Å²) in [6, 6.07) is 10.5. The molecule has 1 saturated heterocycles. The van der Waals surface area contributed by atoms with E-state index in [4.69, 9.17) is 9.15 Å². The minimum absolute atomic E-state index is 0.0235. The molecule has 160 valence electrons. The number of carbonyl (C=O) groups excluding carboxylic acids is 3. The summed E-state index contributed by atoms with van der Waals surface area (Å²) in [5.41, 5.74) is 0.791. The minimum atomic E-state index is -3.13. The molecule has 1 aromatic carbocycles. The summed E-state index contributed by atoms with van der Waals surface area (Å²) >= 11 is 0. The van der Waals surface area contributed by atoms with Crippen molar-refractivity contribution in [3.63, 3.8) is 0 Å². The molecule has 0 spiro atoms. The molecular formula is C20H22N2O7S. The Kier molecular flexibility index (Phi) is 6.88. The van der Waals surface area contributed by atoms with Crippen molar-refractivity contribution in [2.75, 3.05) is 18.1 Å². The Morgan fingerprint density at radius 1 is 1.13 bits per heavy atom. The van der Waals surface area contributed by atoms with Gasteiger partial charge in [-0.2, -0.15) is 0 Å². The lowest BCUT2D eigenvalue weighted by Crippen LogP contribution is -2.45. The summed E-state index contributed by atoms with van der Waals surface area (Å²) in [6.45, 7) is -0.572. The number of furan rings is 1. The predicted octanol–water partition coefficient (Wildman–Crippen LogP) is 0.467. The van der Waals surface area contributed by atoms with Gasteiger partial charge in [0.25, 0.3) is 11.8 Å². The van der Waals surface area contributed by atoms with Crippen LogP contribution in [-0.2, 0) is 30.6 Å². The third-order valence-electron chi connectivity index (χ3n) is 4.56. The van der Waals surface area contributed by atoms with Crippen LogP contribution in [0.5, 0.6) is 0 Å². The predicted molar refractivity (Wildman–Crippen MR) is 106 cm³/mol. The summed E-state index contributed by atoms with van der Waals surface area (Å²) in [5, 5.41) is 5.10. The van der Waals surface area contributed by atoms with E-state index in [1.54, 1.807) is 30.3 Å². The topological polar surface area (TPSA) is 132 Å². The number of carbonyl (C=O) groups is 3. The highest BCUT2D eigenvalue weighted by molar-refractivity contribution is 7.91. The van der Waals surface area contributed by atoms with Crippen molar-refractivity contribution in [1.82, 2.24) is 10.6 Å². The Morgan fingerprint density at radius 2 is 1.90 bits per heavy atom. The number of benzene rings is 1. The molecule has 2 heterocycles. The summed E-state index contributed by atoms with van der Waals surface area (Å²) < 4.78 is 33.0. The Balaban J connectivity index is 1.58. The highest BCUT2D eigenvalue weighted by Gasteiger charge is 2.30. The van der Waals surface area contributed by atoms with Crippen molar-refractivity contribution in [3.05, 3.63) is 60.1 Å². The highest BCUT2D eigenvalue weighted by atomic mass is 32.2. The third kappa shape index (κ3) is 6.18. The molecule has 10 heteroatoms. The van der Waals surface area contributed by atoms with Crippen molar-refractivity contribution in [2.24, 2.45) is 0 Å². The summed E-state index contributed by atoms with van der Waals surface area (Å²) in [7, 11) is -3.13. The van der Waals surface area contributed by atoms with Crippen molar-refractivity contribution in [2.45, 2.75) is 24.9 Å². The molecule has 3 rings (SSSR count). The van der Waals surface area contributed by atoms with Gasteiger partial charge in [-0.1, -0.05) is 30.3 Å². The van der Waals surface area contributed by atoms with Crippen LogP contribution in [0.15, 0.2) is 53.1 Å². The highest BCUT2D eigenvalue weighted by Crippen LogP contribution is 2.11. The Morgan fingerprint density at radius 3 is 2.53 bits per heavy atom. The van der Waals surface area contributed by atoms with E-state index in [1.807, 2.05) is 6.07 Å². The van der Waals surface area contributed by atoms with Gasteiger partial charge in [-0.15, -0.1) is 0 Å². The van der Waals surface area contributed by atoms with E-state index in [-0.39, 0.29) is 23.7 Å². The van der Waals surface area contributed by atoms with Crippen LogP contribution in [0, 0.1) is 0 Å². The molecule has 1 fully saturated rings. The number of hydrogen-bond donors (Lipinski definition) is 2. The van der Waals surface area contributed by atoms with E-state index < -0.39 is 46.3 Å². The summed E-state index contributed by atoms with van der Waals surface area (Å²) in [4.78, 5) is 36.9. The molecule has 2 N–H and O–H groups in total. The molecule has 1 aromatic heterocycles. The van der Waals surface area contributed by atoms with Gasteiger partial charge in [-0.3, -0.25) is 9.59 Å². The van der Waals surface area contributed by atoms with E-state index >= 15 is 0 Å². The molecule has 0 aliphatic carbocycles. The van der Waals surface area contributed by atoms with Gasteiger partial charge in [-0.25, -0.2) is 13.2 Å². The Bertz CT molecular complexity index is 987. The van der Waals surface area contributed by atoms with Gasteiger partial charge in [0.15, 0.2) is 22.2 Å². The van der Waals surface area contributed by atoms with Crippen LogP contribution >= 0.6 is 0 Å². The first-order valence-corrected chi connectivity index (χ1v) is 11.2. The minimum Gasteiger partial charge on any atom is -0.459 e. The first kappa shape index (κ1) is 21.6. The van der Waals surface area contributed by atoms with Gasteiger partial charge in [0.1, 0.15) is 6.04 Å². The van der Waals surface area contributed by atoms with Crippen LogP contribution in [-0.4, -0.2) is 56.4 Å². The zero-order valence-electron chi connectivity index (χ0n) is 16.1. The molecule has 30 heavy (non-hydrogen) atoms. The molecule has 2 aromatic rings. The molecule has 1 aliphatic rings. The zero-order valence-corrected chi connectivity index (χ0v) is 16.9. The third-order valence-corrected chi connectivity index (χ3v) is 6.33. The first-order valence-electron chi connectivity index (χ1n) is 9.37. The number of ether oxygens (including phenoxy) is 1. The number of esters is 1. The molecule has 2 atom stereocenters. The van der Waals surface area contributed by atoms with Gasteiger partial charge in [0.2, 0.25) is 0 Å². The lowest BCUT2D eigenvalue weighted by molar-refractivity contribution is -0.150. The van der Waals surface area contributed by atoms with Crippen molar-refractivity contribution < 1.29 is 32.0 Å². The van der Waals surface area contributed by atoms with Gasteiger partial charge in [-0.05, 0) is 24.1 Å². The van der Waals surface area contributed by atoms with Crippen LogP contribution in [0.2, 0.25) is 0 Å². The summed E-state index contributed by atoms with van der Waals surface area (Å²) in [6.07, 6.45) is 1.83. The fourth-order valence-electron chi connectivity index (χ4n) is 3.10. The Labute approximate surface area is 173 Å². The second kappa shape index (κ2) is 9.57. The number of amides is 2. The molecular weight excluding hydrogens is 412 g/mol. The molecule has 0 saturated carbocycles. The quantitative estimate of drug-likeness (QED) is 0.577. The maximum atomic E-state index is 12.6. The lowest BCUT2D eigenvalue weighted by atomic mass is 10.1. The standard InChI is InChI=1S/C20H22N2O7S/c23-18(21-15-8-10-30(26,27)13-15)12-29-20(25)16(11-14-5-2-1-3-6-14)22-19(24)17-7-4-9-28-17/h1-7,9,15-16H,8,10-13H2,(H,21,23)(H,22,24). The van der Waals surface area contributed by atoms with Crippen LogP contribution in [0.1, 0.15) is 22.5 Å². The van der Waals surface area contributed by atoms with E-state index in [0.717, 1.165) is 5.56 Å². The van der Waals surface area contributed by atoms with Crippen LogP contribution in [0.4, 0.5) is 0 Å². The normalized spacial score (nSPS) is 18.3. The monoisotopic (exact) mass is 434 g/mol. The molecule has 2 amide bonds. The first-order chi connectivity index (χ1) is 14.3. The summed E-state index contributed by atoms with van der Waals surface area (Å²) in [5.74, 6) is -2.02. The van der Waals surface area contributed by atoms with Gasteiger partial charge < -0.3 is 19.8 Å². The largest absolute Gasteiger partial charge is 0.459 e. The second-order valence-corrected chi connectivity index (χ2v) is 9.20. The lowest BCUT2D eigenvalue weighted by Gasteiger charge is -2.18. The molecule has 1 aliphatic heterocycles. The second-order valence-electron chi connectivity index (χ2n) is 6.97. The van der Waals surface area contributed by atoms with Crippen molar-refractivity contribution >= 4 is 27.6 Å². The van der Waals surface area contributed by atoms with Gasteiger partial charge in [0.05, 0.1) is 17.8 Å². The smallest absolute Gasteiger partial charge is 0.329 e. The fraction of sp³-hybridized carbons (Fsp3) is 0.350. The SMILES string of the molecule is O=C(COC(=O)C(Cc1ccccc1)NC(=O)c1ccco1)NC1CCS(=O)(=O)C1. The average Bonchev–Trinajstić information content (AvgIpc) is 3.36. The number of hydrogen-bond acceptors (Lipinski definition) is 7. The van der Waals surface area contributed by atoms with Gasteiger partial charge in [0, 0.05) is 12.5 Å². The number of sulfone groups is 1. The van der Waals surface area contributed by atoms with Crippen molar-refractivity contribution in [3.8, 4) is 0 Å². The maximum Gasteiger partial charge on any atom is 0.329 e. The van der Waals surface area contributed by atoms with Crippen LogP contribution < -0.4 is 10.6 Å². The van der Waals surface area contributed by atoms with E-state index in [9.17, 15) is 22.8 Å². The van der Waals surface area contributed by atoms with E-state index in [2.05, 4.69) is 10.6 Å². The van der Waals surface area contributed by atoms with E-state index in [1.165, 1.54) is 12.3 Å². The van der Waals surface area contributed by atoms with Crippen LogP contribution in [0.3, 0.4) is 0 Å². The number of rotatable bonds is 8. The Hall–Kier alpha value is -3.14. The van der Waals surface area contributed by atoms with E-state index in [0.29, 0.717) is 6.42 Å². The number of nitrogens with one attached hydrogen (secondary N) is 2. The average molecular weight is 434 g/mol. The molecule has 0 radical (unpaired) electrons. The molecule has 2 unspecified atom stereocenters. The maximum absolute atomic E-state index is 12.6. The zero-order chi connectivity index (χ0) is 21.6. The molecule has 0 bridgehead atoms. The van der Waals surface area contributed by atoms with Crippen LogP contribution in [0.25, 0.3) is 0 Å². The molecule has 9 nitrogen and oxygen atoms in total. The van der Waals surface area contributed by atoms with Gasteiger partial charge >= 0.3 is 5.97 Å². The fourth-order valence-corrected chi connectivity index (χ4v) is 4.77.